The molecule has 1 aliphatic rings. The van der Waals surface area contributed by atoms with E-state index < -0.39 is 0 Å². The van der Waals surface area contributed by atoms with Gasteiger partial charge in [-0.25, -0.2) is 0 Å². The number of hydrogen-bond donors (Lipinski definition) is 0. The van der Waals surface area contributed by atoms with E-state index in [0.29, 0.717) is 11.4 Å². The number of hydrogen-bond acceptors (Lipinski definition) is 2. The van der Waals surface area contributed by atoms with Gasteiger partial charge in [0.15, 0.2) is 0 Å². The van der Waals surface area contributed by atoms with E-state index in [9.17, 15) is 0 Å². The molecule has 2 unspecified atom stereocenters. The summed E-state index contributed by atoms with van der Waals surface area (Å²) in [6, 6.07) is 8.76. The lowest BCUT2D eigenvalue weighted by Crippen LogP contribution is -2.25. The molecule has 1 aromatic carbocycles. The van der Waals surface area contributed by atoms with E-state index in [2.05, 4.69) is 38.1 Å². The van der Waals surface area contributed by atoms with E-state index in [4.69, 9.17) is 4.74 Å². The van der Waals surface area contributed by atoms with Crippen LogP contribution in [0.4, 0.5) is 0 Å². The molecule has 1 fully saturated rings. The first-order valence-corrected chi connectivity index (χ1v) is 6.47. The molecule has 1 aliphatic heterocycles. The zero-order chi connectivity index (χ0) is 10.7. The van der Waals surface area contributed by atoms with Crippen LogP contribution in [0.3, 0.4) is 0 Å². The fraction of sp³-hybridized carbons (Fsp3) is 0.538. The maximum atomic E-state index is 5.67. The van der Waals surface area contributed by atoms with Gasteiger partial charge in [0.2, 0.25) is 0 Å². The van der Waals surface area contributed by atoms with Gasteiger partial charge in [0.1, 0.15) is 0 Å². The Bertz CT molecular complexity index is 299. The largest absolute Gasteiger partial charge is 0.377 e. The van der Waals surface area contributed by atoms with Crippen molar-refractivity contribution in [2.24, 2.45) is 0 Å². The molecule has 15 heavy (non-hydrogen) atoms. The van der Waals surface area contributed by atoms with Crippen molar-refractivity contribution in [1.29, 1.82) is 0 Å². The first kappa shape index (κ1) is 11.0. The minimum Gasteiger partial charge on any atom is -0.377 e. The monoisotopic (exact) mass is 222 g/mol. The Morgan fingerprint density at radius 1 is 1.20 bits per heavy atom. The van der Waals surface area contributed by atoms with Crippen molar-refractivity contribution in [1.82, 2.24) is 0 Å². The highest BCUT2D eigenvalue weighted by Crippen LogP contribution is 2.30. The molecule has 0 aliphatic carbocycles. The van der Waals surface area contributed by atoms with E-state index in [1.165, 1.54) is 23.3 Å². The standard InChI is InChI=1S/C13H18OS/c1-10-3-6-12(7-4-10)15-13-8-5-11(2)14-9-13/h3-4,6-7,11,13H,5,8-9H2,1-2H3. The molecular weight excluding hydrogens is 204 g/mol. The third-order valence-electron chi connectivity index (χ3n) is 2.79. The second kappa shape index (κ2) is 5.04. The van der Waals surface area contributed by atoms with Gasteiger partial charge in [-0.1, -0.05) is 17.7 Å². The summed E-state index contributed by atoms with van der Waals surface area (Å²) in [6.07, 6.45) is 2.93. The Morgan fingerprint density at radius 2 is 1.93 bits per heavy atom. The van der Waals surface area contributed by atoms with Crippen LogP contribution >= 0.6 is 11.8 Å². The topological polar surface area (TPSA) is 9.23 Å². The van der Waals surface area contributed by atoms with Crippen molar-refractivity contribution in [2.45, 2.75) is 42.9 Å². The van der Waals surface area contributed by atoms with Crippen LogP contribution < -0.4 is 0 Å². The van der Waals surface area contributed by atoms with Crippen LogP contribution in [-0.2, 0) is 4.74 Å². The highest BCUT2D eigenvalue weighted by molar-refractivity contribution is 8.00. The zero-order valence-corrected chi connectivity index (χ0v) is 10.2. The molecule has 1 nitrogen and oxygen atoms in total. The van der Waals surface area contributed by atoms with Crippen molar-refractivity contribution in [3.63, 3.8) is 0 Å². The van der Waals surface area contributed by atoms with Gasteiger partial charge >= 0.3 is 0 Å². The average molecular weight is 222 g/mol. The van der Waals surface area contributed by atoms with Crippen LogP contribution in [-0.4, -0.2) is 18.0 Å². The quantitative estimate of drug-likeness (QED) is 0.755. The molecule has 82 valence electrons. The molecule has 0 radical (unpaired) electrons. The smallest absolute Gasteiger partial charge is 0.0592 e. The van der Waals surface area contributed by atoms with Crippen LogP contribution in [0.2, 0.25) is 0 Å². The van der Waals surface area contributed by atoms with Crippen LogP contribution in [0.5, 0.6) is 0 Å². The third kappa shape index (κ3) is 3.25. The number of ether oxygens (including phenoxy) is 1. The normalized spacial score (nSPS) is 26.5. The molecule has 2 atom stereocenters. The summed E-state index contributed by atoms with van der Waals surface area (Å²) in [6.45, 7) is 5.19. The first-order valence-electron chi connectivity index (χ1n) is 5.59. The van der Waals surface area contributed by atoms with E-state index >= 15 is 0 Å². The van der Waals surface area contributed by atoms with Crippen LogP contribution in [0, 0.1) is 6.92 Å². The number of benzene rings is 1. The molecule has 2 rings (SSSR count). The second-order valence-electron chi connectivity index (χ2n) is 4.27. The maximum absolute atomic E-state index is 5.67. The molecule has 0 aromatic heterocycles. The molecule has 1 aromatic rings. The van der Waals surface area contributed by atoms with Gasteiger partial charge in [-0.05, 0) is 38.8 Å². The highest BCUT2D eigenvalue weighted by Gasteiger charge is 2.19. The summed E-state index contributed by atoms with van der Waals surface area (Å²) in [4.78, 5) is 1.36. The summed E-state index contributed by atoms with van der Waals surface area (Å²) in [5, 5.41) is 0.643. The van der Waals surface area contributed by atoms with Crippen molar-refractivity contribution in [3.8, 4) is 0 Å². The van der Waals surface area contributed by atoms with Crippen molar-refractivity contribution in [2.75, 3.05) is 6.61 Å². The number of rotatable bonds is 2. The van der Waals surface area contributed by atoms with Gasteiger partial charge in [-0.15, -0.1) is 11.8 Å². The molecule has 0 bridgehead atoms. The lowest BCUT2D eigenvalue weighted by Gasteiger charge is -2.26. The minimum absolute atomic E-state index is 0.458. The molecule has 1 saturated heterocycles. The molecule has 0 N–H and O–H groups in total. The molecular formula is C13H18OS. The predicted molar refractivity (Wildman–Crippen MR) is 65.5 cm³/mol. The molecule has 0 amide bonds. The molecule has 0 saturated carbocycles. The van der Waals surface area contributed by atoms with E-state index in [1.54, 1.807) is 0 Å². The Kier molecular flexibility index (Phi) is 3.71. The van der Waals surface area contributed by atoms with Crippen LogP contribution in [0.15, 0.2) is 29.2 Å². The van der Waals surface area contributed by atoms with Gasteiger partial charge < -0.3 is 4.74 Å². The third-order valence-corrected chi connectivity index (χ3v) is 4.03. The maximum Gasteiger partial charge on any atom is 0.0592 e. The fourth-order valence-electron chi connectivity index (χ4n) is 1.76. The van der Waals surface area contributed by atoms with E-state index in [1.807, 2.05) is 11.8 Å². The fourth-order valence-corrected chi connectivity index (χ4v) is 2.84. The lowest BCUT2D eigenvalue weighted by atomic mass is 10.1. The lowest BCUT2D eigenvalue weighted by molar-refractivity contribution is 0.0323. The summed E-state index contributed by atoms with van der Waals surface area (Å²) >= 11 is 1.95. The Labute approximate surface area is 96.2 Å². The SMILES string of the molecule is Cc1ccc(SC2CCC(C)OC2)cc1. The van der Waals surface area contributed by atoms with Gasteiger partial charge in [0.25, 0.3) is 0 Å². The first-order chi connectivity index (χ1) is 7.24. The molecule has 2 heteroatoms. The molecule has 0 spiro atoms. The zero-order valence-electron chi connectivity index (χ0n) is 9.40. The highest BCUT2D eigenvalue weighted by atomic mass is 32.2. The van der Waals surface area contributed by atoms with Crippen molar-refractivity contribution in [3.05, 3.63) is 29.8 Å². The average Bonchev–Trinajstić information content (AvgIpc) is 2.25. The van der Waals surface area contributed by atoms with Crippen molar-refractivity contribution < 1.29 is 4.74 Å². The van der Waals surface area contributed by atoms with E-state index in [0.717, 1.165) is 6.61 Å². The number of aryl methyl sites for hydroxylation is 1. The summed E-state index contributed by atoms with van der Waals surface area (Å²) in [5.41, 5.74) is 1.33. The van der Waals surface area contributed by atoms with Crippen LogP contribution in [0.25, 0.3) is 0 Å². The Morgan fingerprint density at radius 3 is 2.53 bits per heavy atom. The molecule has 1 heterocycles. The predicted octanol–water partition coefficient (Wildman–Crippen LogP) is 3.65. The summed E-state index contributed by atoms with van der Waals surface area (Å²) < 4.78 is 5.67. The Balaban J connectivity index is 1.89. The minimum atomic E-state index is 0.458. The second-order valence-corrected chi connectivity index (χ2v) is 5.65. The van der Waals surface area contributed by atoms with Crippen molar-refractivity contribution >= 4 is 11.8 Å². The summed E-state index contributed by atoms with van der Waals surface area (Å²) in [5.74, 6) is 0. The van der Waals surface area contributed by atoms with Gasteiger partial charge in [-0.3, -0.25) is 0 Å². The van der Waals surface area contributed by atoms with Gasteiger partial charge in [0, 0.05) is 10.1 Å². The van der Waals surface area contributed by atoms with Gasteiger partial charge in [-0.2, -0.15) is 0 Å². The van der Waals surface area contributed by atoms with Crippen LogP contribution in [0.1, 0.15) is 25.3 Å². The summed E-state index contributed by atoms with van der Waals surface area (Å²) in [7, 11) is 0. The van der Waals surface area contributed by atoms with Gasteiger partial charge in [0.05, 0.1) is 12.7 Å². The van der Waals surface area contributed by atoms with E-state index in [-0.39, 0.29) is 0 Å². The number of thioether (sulfide) groups is 1. The Hall–Kier alpha value is -0.470.